The second-order valence-corrected chi connectivity index (χ2v) is 18.7. The zero-order valence-electron chi connectivity index (χ0n) is 27.6. The van der Waals surface area contributed by atoms with E-state index in [9.17, 15) is 28.1 Å². The number of ether oxygens (including phenoxy) is 2. The maximum atomic E-state index is 12.8. The number of hydrogen-bond donors (Lipinski definition) is 3. The van der Waals surface area contributed by atoms with Gasteiger partial charge in [0.2, 0.25) is 11.8 Å². The number of nitro groups is 1. The molecule has 3 rings (SSSR count). The second kappa shape index (κ2) is 14.4. The van der Waals surface area contributed by atoms with E-state index in [4.69, 9.17) is 9.16 Å². The molecule has 12 nitrogen and oxygen atoms in total. The first-order chi connectivity index (χ1) is 21.1. The third-order valence-corrected chi connectivity index (χ3v) is 12.5. The number of nitrogens with zero attached hydrogens (tertiary/aromatic N) is 3. The molecule has 3 atom stereocenters. The third-order valence-electron chi connectivity index (χ3n) is 8.01. The Hall–Kier alpha value is -3.66. The molecule has 1 aromatic heterocycles. The summed E-state index contributed by atoms with van der Waals surface area (Å²) >= 11 is 0. The van der Waals surface area contributed by atoms with Crippen molar-refractivity contribution in [2.24, 2.45) is 5.92 Å². The first kappa shape index (κ1) is 36.8. The summed E-state index contributed by atoms with van der Waals surface area (Å²) in [5, 5.41) is 20.6. The molecule has 1 aromatic carbocycles. The van der Waals surface area contributed by atoms with Gasteiger partial charge in [-0.3, -0.25) is 10.1 Å². The number of alkyl halides is 3. The summed E-state index contributed by atoms with van der Waals surface area (Å²) in [6.07, 6.45) is -2.74. The Balaban J connectivity index is 1.74. The maximum Gasteiger partial charge on any atom is 0.573 e. The number of benzene rings is 1. The monoisotopic (exact) mass is 670 g/mol. The van der Waals surface area contributed by atoms with Gasteiger partial charge in [0.1, 0.15) is 17.5 Å². The van der Waals surface area contributed by atoms with Gasteiger partial charge in [-0.25, -0.2) is 9.78 Å². The van der Waals surface area contributed by atoms with Crippen LogP contribution in [0, 0.1) is 16.0 Å². The van der Waals surface area contributed by atoms with E-state index in [1.54, 1.807) is 26.8 Å². The molecule has 46 heavy (non-hydrogen) atoms. The highest BCUT2D eigenvalue weighted by Gasteiger charge is 2.43. The molecule has 0 spiro atoms. The van der Waals surface area contributed by atoms with Crippen molar-refractivity contribution in [3.05, 3.63) is 46.1 Å². The van der Waals surface area contributed by atoms with E-state index in [-0.39, 0.29) is 58.4 Å². The smallest absolute Gasteiger partial charge is 0.444 e. The number of anilines is 2. The van der Waals surface area contributed by atoms with Crippen LogP contribution >= 0.6 is 0 Å². The first-order valence-electron chi connectivity index (χ1n) is 15.1. The van der Waals surface area contributed by atoms with Crippen molar-refractivity contribution in [2.75, 3.05) is 17.2 Å². The van der Waals surface area contributed by atoms with Crippen LogP contribution in [0.2, 0.25) is 18.1 Å². The lowest BCUT2D eigenvalue weighted by Gasteiger charge is -2.44. The molecular weight excluding hydrogens is 625 g/mol. The minimum atomic E-state index is -4.86. The Morgan fingerprint density at radius 1 is 1.09 bits per heavy atom. The minimum absolute atomic E-state index is 0.0145. The molecule has 2 aromatic rings. The number of carbonyl (C=O) groups excluding carboxylic acids is 1. The van der Waals surface area contributed by atoms with Gasteiger partial charge in [0.05, 0.1) is 17.1 Å². The summed E-state index contributed by atoms with van der Waals surface area (Å²) in [7, 11) is -2.24. The number of halogens is 3. The fourth-order valence-electron chi connectivity index (χ4n) is 4.72. The van der Waals surface area contributed by atoms with E-state index in [1.165, 1.54) is 18.2 Å². The first-order valence-corrected chi connectivity index (χ1v) is 18.0. The van der Waals surface area contributed by atoms with Gasteiger partial charge in [-0.1, -0.05) is 39.0 Å². The summed E-state index contributed by atoms with van der Waals surface area (Å²) in [5.74, 6) is -0.393. The third kappa shape index (κ3) is 11.0. The van der Waals surface area contributed by atoms with Gasteiger partial charge >= 0.3 is 18.1 Å². The quantitative estimate of drug-likeness (QED) is 0.125. The normalized spacial score (nSPS) is 19.2. The fourth-order valence-corrected chi connectivity index (χ4v) is 6.09. The van der Waals surface area contributed by atoms with Crippen LogP contribution in [0.15, 0.2) is 30.5 Å². The molecular formula is C30H45F3N6O6Si. The summed E-state index contributed by atoms with van der Waals surface area (Å²) in [5.41, 5.74) is -0.803. The van der Waals surface area contributed by atoms with Gasteiger partial charge < -0.3 is 29.9 Å². The number of amides is 1. The van der Waals surface area contributed by atoms with Crippen molar-refractivity contribution in [2.45, 2.75) is 110 Å². The SMILES string of the molecule is CC(C)(C)OC(=O)N[C@H]1CC[C@H](CNc2nc(NCc3ccccc3OC(F)(F)F)ncc2[N+](=O)[O-])C[C@H]1O[Si](C)(C)C(C)(C)C. The fraction of sp³-hybridized carbons (Fsp3) is 0.633. The van der Waals surface area contributed by atoms with Gasteiger partial charge in [0, 0.05) is 18.7 Å². The van der Waals surface area contributed by atoms with Gasteiger partial charge in [0.15, 0.2) is 8.32 Å². The molecule has 256 valence electrons. The summed E-state index contributed by atoms with van der Waals surface area (Å²) in [4.78, 5) is 32.0. The largest absolute Gasteiger partial charge is 0.573 e. The number of carbonyl (C=O) groups is 1. The standard InChI is InChI=1S/C30H45F3N6O6Si/c1-28(2,3)44-27(40)37-21-14-13-19(15-24(21)45-46(7,8)29(4,5)6)16-34-25-22(39(41)42)18-36-26(38-25)35-17-20-11-9-10-12-23(20)43-30(31,32)33/h9-12,18-19,21,24H,13-17H2,1-8H3,(H,37,40)(H2,34,35,36,38)/t19-,21-,24+/m0/s1. The van der Waals surface area contributed by atoms with Crippen molar-refractivity contribution in [3.63, 3.8) is 0 Å². The Morgan fingerprint density at radius 3 is 2.37 bits per heavy atom. The Morgan fingerprint density at radius 2 is 1.76 bits per heavy atom. The van der Waals surface area contributed by atoms with Crippen molar-refractivity contribution in [1.29, 1.82) is 0 Å². The summed E-state index contributed by atoms with van der Waals surface area (Å²) in [6.45, 7) is 16.3. The molecule has 1 amide bonds. The average Bonchev–Trinajstić information content (AvgIpc) is 2.90. The molecule has 3 N–H and O–H groups in total. The predicted molar refractivity (Wildman–Crippen MR) is 170 cm³/mol. The Labute approximate surface area is 268 Å². The van der Waals surface area contributed by atoms with Crippen LogP contribution in [-0.4, -0.2) is 60.0 Å². The van der Waals surface area contributed by atoms with Crippen LogP contribution in [0.25, 0.3) is 0 Å². The van der Waals surface area contributed by atoms with Crippen molar-refractivity contribution in [1.82, 2.24) is 15.3 Å². The molecule has 1 fully saturated rings. The second-order valence-electron chi connectivity index (χ2n) is 13.9. The Bertz CT molecular complexity index is 1370. The van der Waals surface area contributed by atoms with E-state index in [0.29, 0.717) is 25.8 Å². The Kier molecular flexibility index (Phi) is 11.5. The van der Waals surface area contributed by atoms with Crippen molar-refractivity contribution in [3.8, 4) is 5.75 Å². The van der Waals surface area contributed by atoms with Gasteiger partial charge in [-0.15, -0.1) is 13.2 Å². The number of aromatic nitrogens is 2. The summed E-state index contributed by atoms with van der Waals surface area (Å²) in [6, 6.07) is 5.35. The zero-order chi connectivity index (χ0) is 34.5. The lowest BCUT2D eigenvalue weighted by molar-refractivity contribution is -0.384. The van der Waals surface area contributed by atoms with Crippen LogP contribution in [0.4, 0.5) is 35.4 Å². The molecule has 16 heteroatoms. The van der Waals surface area contributed by atoms with Gasteiger partial charge in [-0.05, 0) is 70.2 Å². The van der Waals surface area contributed by atoms with Crippen LogP contribution in [0.1, 0.15) is 66.4 Å². The number of hydrogen-bond acceptors (Lipinski definition) is 10. The average molecular weight is 671 g/mol. The molecule has 0 radical (unpaired) electrons. The van der Waals surface area contributed by atoms with E-state index >= 15 is 0 Å². The van der Waals surface area contributed by atoms with Crippen molar-refractivity contribution >= 4 is 31.9 Å². The predicted octanol–water partition coefficient (Wildman–Crippen LogP) is 7.39. The molecule has 0 unspecified atom stereocenters. The lowest BCUT2D eigenvalue weighted by atomic mass is 9.84. The van der Waals surface area contributed by atoms with Crippen LogP contribution < -0.4 is 20.7 Å². The van der Waals surface area contributed by atoms with Crippen LogP contribution in [0.3, 0.4) is 0 Å². The zero-order valence-corrected chi connectivity index (χ0v) is 28.6. The van der Waals surface area contributed by atoms with Crippen LogP contribution in [0.5, 0.6) is 5.75 Å². The van der Waals surface area contributed by atoms with Gasteiger partial charge in [-0.2, -0.15) is 4.98 Å². The number of para-hydroxylation sites is 1. The summed E-state index contributed by atoms with van der Waals surface area (Å²) < 4.78 is 54.8. The molecule has 1 aliphatic rings. The topological polar surface area (TPSA) is 150 Å². The number of alkyl carbamates (subject to hydrolysis) is 1. The minimum Gasteiger partial charge on any atom is -0.444 e. The molecule has 1 heterocycles. The highest BCUT2D eigenvalue weighted by molar-refractivity contribution is 6.74. The lowest BCUT2D eigenvalue weighted by Crippen LogP contribution is -2.55. The number of rotatable bonds is 11. The van der Waals surface area contributed by atoms with E-state index in [1.807, 2.05) is 0 Å². The number of nitrogens with one attached hydrogen (secondary N) is 3. The molecule has 1 aliphatic carbocycles. The van der Waals surface area contributed by atoms with Crippen molar-refractivity contribution < 1.29 is 36.8 Å². The molecule has 0 aliphatic heterocycles. The van der Waals surface area contributed by atoms with Crippen LogP contribution in [-0.2, 0) is 15.7 Å². The van der Waals surface area contributed by atoms with E-state index in [0.717, 1.165) is 6.20 Å². The molecule has 0 bridgehead atoms. The molecule has 1 saturated carbocycles. The highest BCUT2D eigenvalue weighted by Crippen LogP contribution is 2.40. The van der Waals surface area contributed by atoms with Gasteiger partial charge in [0.25, 0.3) is 0 Å². The highest BCUT2D eigenvalue weighted by atomic mass is 28.4. The maximum absolute atomic E-state index is 12.8. The van der Waals surface area contributed by atoms with E-state index < -0.39 is 31.3 Å². The molecule has 0 saturated heterocycles. The van der Waals surface area contributed by atoms with E-state index in [2.05, 4.69) is 64.5 Å².